The van der Waals surface area contributed by atoms with E-state index in [0.29, 0.717) is 0 Å². The average Bonchev–Trinajstić information content (AvgIpc) is 2.48. The van der Waals surface area contributed by atoms with Crippen LogP contribution in [0.25, 0.3) is 0 Å². The first-order chi connectivity index (χ1) is 11.2. The number of carbonyl (C=O) groups excluding carboxylic acids is 1. The third-order valence-electron chi connectivity index (χ3n) is 2.65. The molecule has 0 aliphatic rings. The molecular formula is C14H10F5N3O2. The van der Waals surface area contributed by atoms with Gasteiger partial charge in [0.1, 0.15) is 11.4 Å². The molecule has 2 rings (SSSR count). The summed E-state index contributed by atoms with van der Waals surface area (Å²) in [5.41, 5.74) is -0.754. The molecule has 0 atom stereocenters. The lowest BCUT2D eigenvalue weighted by Crippen LogP contribution is -2.19. The molecule has 0 spiro atoms. The first-order valence-electron chi connectivity index (χ1n) is 6.40. The normalized spacial score (nSPS) is 11.2. The fourth-order valence-electron chi connectivity index (χ4n) is 1.65. The van der Waals surface area contributed by atoms with E-state index < -0.39 is 24.5 Å². The van der Waals surface area contributed by atoms with E-state index in [-0.39, 0.29) is 17.1 Å². The van der Waals surface area contributed by atoms with E-state index in [9.17, 15) is 26.7 Å². The fraction of sp³-hybridized carbons (Fsp3) is 0.143. The van der Waals surface area contributed by atoms with Gasteiger partial charge in [-0.15, -0.1) is 0 Å². The van der Waals surface area contributed by atoms with Crippen molar-refractivity contribution in [3.8, 4) is 5.75 Å². The molecule has 24 heavy (non-hydrogen) atoms. The van der Waals surface area contributed by atoms with Crippen molar-refractivity contribution < 1.29 is 31.5 Å². The molecule has 0 radical (unpaired) electrons. The molecule has 2 N–H and O–H groups in total. The maximum absolute atomic E-state index is 12.4. The summed E-state index contributed by atoms with van der Waals surface area (Å²) in [7, 11) is 0. The maximum Gasteiger partial charge on any atom is 0.433 e. The van der Waals surface area contributed by atoms with Gasteiger partial charge >= 0.3 is 18.8 Å². The highest BCUT2D eigenvalue weighted by atomic mass is 19.4. The number of urea groups is 1. The van der Waals surface area contributed by atoms with Gasteiger partial charge in [-0.05, 0) is 36.4 Å². The number of alkyl halides is 5. The molecule has 0 aliphatic carbocycles. The zero-order chi connectivity index (χ0) is 17.7. The van der Waals surface area contributed by atoms with Crippen LogP contribution in [0.4, 0.5) is 38.1 Å². The number of halogens is 5. The van der Waals surface area contributed by atoms with E-state index in [1.807, 2.05) is 0 Å². The fourth-order valence-corrected chi connectivity index (χ4v) is 1.65. The molecule has 0 saturated carbocycles. The van der Waals surface area contributed by atoms with Crippen molar-refractivity contribution in [2.24, 2.45) is 0 Å². The molecule has 0 unspecified atom stereocenters. The van der Waals surface area contributed by atoms with E-state index in [0.717, 1.165) is 18.3 Å². The van der Waals surface area contributed by atoms with Crippen LogP contribution >= 0.6 is 0 Å². The summed E-state index contributed by atoms with van der Waals surface area (Å²) in [5.74, 6) is -0.0807. The minimum absolute atomic E-state index is 0.0538. The number of aromatic nitrogens is 1. The van der Waals surface area contributed by atoms with Gasteiger partial charge in [-0.3, -0.25) is 0 Å². The lowest BCUT2D eigenvalue weighted by atomic mass is 10.3. The summed E-state index contributed by atoms with van der Waals surface area (Å²) in [4.78, 5) is 14.9. The highest BCUT2D eigenvalue weighted by Gasteiger charge is 2.32. The zero-order valence-corrected chi connectivity index (χ0v) is 11.8. The Balaban J connectivity index is 1.93. The van der Waals surface area contributed by atoms with Gasteiger partial charge in [0.25, 0.3) is 0 Å². The summed E-state index contributed by atoms with van der Waals surface area (Å²) in [6, 6.07) is 6.13. The standard InChI is InChI=1S/C14H10F5N3O2/c15-12(16)24-10-4-1-8(2-5-10)21-13(23)22-9-3-6-11(20-7-9)14(17,18)19/h1-7,12H,(H2,21,22,23). The largest absolute Gasteiger partial charge is 0.435 e. The number of amides is 2. The maximum atomic E-state index is 12.4. The van der Waals surface area contributed by atoms with Crippen molar-refractivity contribution in [1.29, 1.82) is 0 Å². The molecule has 10 heteroatoms. The van der Waals surface area contributed by atoms with E-state index in [1.165, 1.54) is 24.3 Å². The van der Waals surface area contributed by atoms with Crippen molar-refractivity contribution in [3.05, 3.63) is 48.3 Å². The number of anilines is 2. The first-order valence-corrected chi connectivity index (χ1v) is 6.40. The molecule has 128 valence electrons. The predicted octanol–water partition coefficient (Wildman–Crippen LogP) is 4.35. The Morgan fingerprint density at radius 3 is 2.08 bits per heavy atom. The SMILES string of the molecule is O=C(Nc1ccc(OC(F)F)cc1)Nc1ccc(C(F)(F)F)nc1. The third kappa shape index (κ3) is 5.07. The number of rotatable bonds is 4. The average molecular weight is 347 g/mol. The lowest BCUT2D eigenvalue weighted by molar-refractivity contribution is -0.141. The van der Waals surface area contributed by atoms with Crippen LogP contribution in [0, 0.1) is 0 Å². The van der Waals surface area contributed by atoms with Gasteiger partial charge in [-0.2, -0.15) is 22.0 Å². The molecule has 0 fully saturated rings. The van der Waals surface area contributed by atoms with E-state index in [1.54, 1.807) is 0 Å². The van der Waals surface area contributed by atoms with Gasteiger partial charge in [0.2, 0.25) is 0 Å². The minimum atomic E-state index is -4.57. The molecule has 5 nitrogen and oxygen atoms in total. The number of nitrogens with zero attached hydrogens (tertiary/aromatic N) is 1. The first kappa shape index (κ1) is 17.4. The summed E-state index contributed by atoms with van der Waals surface area (Å²) in [6.45, 7) is -2.96. The molecule has 1 aromatic heterocycles. The van der Waals surface area contributed by atoms with Crippen LogP contribution in [0.2, 0.25) is 0 Å². The lowest BCUT2D eigenvalue weighted by Gasteiger charge is -2.10. The van der Waals surface area contributed by atoms with E-state index >= 15 is 0 Å². The second-order valence-electron chi connectivity index (χ2n) is 4.41. The Hall–Kier alpha value is -2.91. The Morgan fingerprint density at radius 1 is 1.00 bits per heavy atom. The van der Waals surface area contributed by atoms with Crippen molar-refractivity contribution >= 4 is 17.4 Å². The van der Waals surface area contributed by atoms with E-state index in [2.05, 4.69) is 20.4 Å². The molecule has 0 aliphatic heterocycles. The van der Waals surface area contributed by atoms with Crippen LogP contribution in [0.5, 0.6) is 5.75 Å². The molecule has 2 aromatic rings. The Morgan fingerprint density at radius 2 is 1.58 bits per heavy atom. The third-order valence-corrected chi connectivity index (χ3v) is 2.65. The Bertz CT molecular complexity index is 687. The number of hydrogen-bond donors (Lipinski definition) is 2. The van der Waals surface area contributed by atoms with Gasteiger partial charge in [-0.1, -0.05) is 0 Å². The van der Waals surface area contributed by atoms with Crippen molar-refractivity contribution in [3.63, 3.8) is 0 Å². The quantitative estimate of drug-likeness (QED) is 0.809. The van der Waals surface area contributed by atoms with E-state index in [4.69, 9.17) is 0 Å². The summed E-state index contributed by atoms with van der Waals surface area (Å²) < 4.78 is 65.2. The van der Waals surface area contributed by atoms with Crippen molar-refractivity contribution in [1.82, 2.24) is 4.98 Å². The predicted molar refractivity (Wildman–Crippen MR) is 75.0 cm³/mol. The summed E-state index contributed by atoms with van der Waals surface area (Å²) >= 11 is 0. The topological polar surface area (TPSA) is 63.2 Å². The number of ether oxygens (including phenoxy) is 1. The monoisotopic (exact) mass is 347 g/mol. The molecule has 0 bridgehead atoms. The number of pyridine rings is 1. The summed E-state index contributed by atoms with van der Waals surface area (Å²) in [5, 5.41) is 4.66. The molecule has 0 saturated heterocycles. The van der Waals surface area contributed by atoms with Crippen LogP contribution in [-0.2, 0) is 6.18 Å². The van der Waals surface area contributed by atoms with Crippen LogP contribution in [0.1, 0.15) is 5.69 Å². The van der Waals surface area contributed by atoms with Gasteiger partial charge in [0.05, 0.1) is 11.9 Å². The zero-order valence-electron chi connectivity index (χ0n) is 11.8. The second-order valence-corrected chi connectivity index (χ2v) is 4.41. The summed E-state index contributed by atoms with van der Waals surface area (Å²) in [6.07, 6.45) is -3.70. The molecule has 1 aromatic carbocycles. The van der Waals surface area contributed by atoms with Gasteiger partial charge < -0.3 is 15.4 Å². The van der Waals surface area contributed by atoms with Gasteiger partial charge in [-0.25, -0.2) is 9.78 Å². The molecule has 2 amide bonds. The second kappa shape index (κ2) is 7.11. The van der Waals surface area contributed by atoms with Crippen LogP contribution in [0.3, 0.4) is 0 Å². The molecule has 1 heterocycles. The number of benzene rings is 1. The number of carbonyl (C=O) groups is 1. The Labute approximate surface area is 132 Å². The smallest absolute Gasteiger partial charge is 0.433 e. The minimum Gasteiger partial charge on any atom is -0.435 e. The highest BCUT2D eigenvalue weighted by Crippen LogP contribution is 2.27. The van der Waals surface area contributed by atoms with Crippen LogP contribution < -0.4 is 15.4 Å². The van der Waals surface area contributed by atoms with Crippen LogP contribution in [-0.4, -0.2) is 17.6 Å². The molecular weight excluding hydrogens is 337 g/mol. The van der Waals surface area contributed by atoms with Crippen molar-refractivity contribution in [2.75, 3.05) is 10.6 Å². The van der Waals surface area contributed by atoms with Crippen LogP contribution in [0.15, 0.2) is 42.6 Å². The Kier molecular flexibility index (Phi) is 5.17. The highest BCUT2D eigenvalue weighted by molar-refractivity contribution is 5.99. The number of hydrogen-bond acceptors (Lipinski definition) is 3. The van der Waals surface area contributed by atoms with Crippen molar-refractivity contribution in [2.45, 2.75) is 12.8 Å². The van der Waals surface area contributed by atoms with Gasteiger partial charge in [0.15, 0.2) is 0 Å². The number of nitrogens with one attached hydrogen (secondary N) is 2. The van der Waals surface area contributed by atoms with Gasteiger partial charge in [0, 0.05) is 5.69 Å².